The van der Waals surface area contributed by atoms with Gasteiger partial charge in [-0.1, -0.05) is 0 Å². The van der Waals surface area contributed by atoms with E-state index in [1.165, 1.54) is 6.07 Å². The summed E-state index contributed by atoms with van der Waals surface area (Å²) < 4.78 is 25.1. The number of nitrogens with two attached hydrogens (primary N) is 1. The number of alkyl halides is 2. The zero-order valence-corrected chi connectivity index (χ0v) is 8.62. The van der Waals surface area contributed by atoms with Crippen LogP contribution in [0.15, 0.2) is 6.07 Å². The van der Waals surface area contributed by atoms with Crippen LogP contribution in [-0.2, 0) is 6.61 Å². The van der Waals surface area contributed by atoms with Crippen LogP contribution in [0, 0.1) is 3.57 Å². The van der Waals surface area contributed by atoms with E-state index in [-0.39, 0.29) is 18.0 Å². The highest BCUT2D eigenvalue weighted by Gasteiger charge is 2.16. The van der Waals surface area contributed by atoms with Gasteiger partial charge in [-0.05, 0) is 28.7 Å². The average molecular weight is 300 g/mol. The van der Waals surface area contributed by atoms with Crippen LogP contribution in [0.25, 0.3) is 0 Å². The minimum atomic E-state index is -2.71. The molecule has 0 aliphatic heterocycles. The number of pyridine rings is 1. The second kappa shape index (κ2) is 4.14. The first-order valence-corrected chi connectivity index (χ1v) is 4.48. The Balaban J connectivity index is 3.25. The van der Waals surface area contributed by atoms with Gasteiger partial charge in [-0.3, -0.25) is 0 Å². The molecule has 0 radical (unpaired) electrons. The smallest absolute Gasteiger partial charge is 0.282 e. The van der Waals surface area contributed by atoms with Crippen molar-refractivity contribution in [2.24, 2.45) is 0 Å². The Hall–Kier alpha value is -0.500. The first-order valence-electron chi connectivity index (χ1n) is 3.40. The number of aliphatic hydroxyl groups is 1. The highest BCUT2D eigenvalue weighted by atomic mass is 127. The summed E-state index contributed by atoms with van der Waals surface area (Å²) in [6.45, 7) is -0.365. The number of nitrogen functional groups attached to an aromatic ring is 1. The van der Waals surface area contributed by atoms with Crippen molar-refractivity contribution < 1.29 is 13.9 Å². The molecule has 6 heteroatoms. The quantitative estimate of drug-likeness (QED) is 0.817. The Morgan fingerprint density at radius 2 is 2.23 bits per heavy atom. The summed E-state index contributed by atoms with van der Waals surface area (Å²) >= 11 is 1.82. The molecule has 0 bridgehead atoms. The van der Waals surface area contributed by atoms with Crippen molar-refractivity contribution in [3.8, 4) is 0 Å². The van der Waals surface area contributed by atoms with Gasteiger partial charge < -0.3 is 10.8 Å². The topological polar surface area (TPSA) is 59.1 Å². The van der Waals surface area contributed by atoms with Crippen LogP contribution >= 0.6 is 22.6 Å². The molecule has 3 nitrogen and oxygen atoms in total. The molecule has 13 heavy (non-hydrogen) atoms. The highest BCUT2D eigenvalue weighted by molar-refractivity contribution is 14.1. The Kier molecular flexibility index (Phi) is 3.37. The van der Waals surface area contributed by atoms with Crippen molar-refractivity contribution in [3.63, 3.8) is 0 Å². The molecule has 3 N–H and O–H groups in total. The van der Waals surface area contributed by atoms with Crippen LogP contribution in [0.2, 0.25) is 0 Å². The predicted molar refractivity (Wildman–Crippen MR) is 52.2 cm³/mol. The largest absolute Gasteiger partial charge is 0.396 e. The van der Waals surface area contributed by atoms with Crippen LogP contribution in [0.4, 0.5) is 14.5 Å². The van der Waals surface area contributed by atoms with Gasteiger partial charge in [0, 0.05) is 3.57 Å². The fourth-order valence-corrected chi connectivity index (χ4v) is 1.48. The molecule has 1 heterocycles. The van der Waals surface area contributed by atoms with E-state index in [0.29, 0.717) is 3.57 Å². The van der Waals surface area contributed by atoms with Crippen LogP contribution in [0.5, 0.6) is 0 Å². The minimum absolute atomic E-state index is 0.0206. The maximum atomic E-state index is 12.3. The average Bonchev–Trinajstić information content (AvgIpc) is 2.09. The Morgan fingerprint density at radius 1 is 1.62 bits per heavy atom. The van der Waals surface area contributed by atoms with Crippen LogP contribution in [-0.4, -0.2) is 10.1 Å². The van der Waals surface area contributed by atoms with Gasteiger partial charge in [-0.25, -0.2) is 13.8 Å². The summed E-state index contributed by atoms with van der Waals surface area (Å²) in [4.78, 5) is 3.52. The van der Waals surface area contributed by atoms with Crippen molar-refractivity contribution in [3.05, 3.63) is 21.0 Å². The summed E-state index contributed by atoms with van der Waals surface area (Å²) in [6.07, 6.45) is -2.71. The maximum Gasteiger partial charge on any atom is 0.282 e. The number of halogens is 3. The summed E-state index contributed by atoms with van der Waals surface area (Å²) in [5.41, 5.74) is 5.10. The second-order valence-electron chi connectivity index (χ2n) is 2.35. The molecule has 72 valence electrons. The van der Waals surface area contributed by atoms with E-state index in [1.54, 1.807) is 0 Å². The van der Waals surface area contributed by atoms with Gasteiger partial charge in [0.2, 0.25) is 0 Å². The molecular weight excluding hydrogens is 293 g/mol. The van der Waals surface area contributed by atoms with E-state index in [4.69, 9.17) is 10.8 Å². The Labute approximate surface area is 87.1 Å². The maximum absolute atomic E-state index is 12.3. The van der Waals surface area contributed by atoms with Crippen LogP contribution < -0.4 is 5.73 Å². The van der Waals surface area contributed by atoms with E-state index in [9.17, 15) is 8.78 Å². The highest BCUT2D eigenvalue weighted by Crippen LogP contribution is 2.27. The van der Waals surface area contributed by atoms with Crippen molar-refractivity contribution in [1.29, 1.82) is 0 Å². The lowest BCUT2D eigenvalue weighted by Gasteiger charge is -2.07. The molecule has 0 aliphatic carbocycles. The number of hydrogen-bond acceptors (Lipinski definition) is 3. The third kappa shape index (κ3) is 2.25. The van der Waals surface area contributed by atoms with Gasteiger partial charge in [0.25, 0.3) is 6.43 Å². The van der Waals surface area contributed by atoms with Crippen LogP contribution in [0.1, 0.15) is 17.8 Å². The van der Waals surface area contributed by atoms with E-state index >= 15 is 0 Å². The van der Waals surface area contributed by atoms with Gasteiger partial charge in [0.05, 0.1) is 18.0 Å². The molecule has 0 fully saturated rings. The molecule has 0 spiro atoms. The normalized spacial score (nSPS) is 10.8. The number of nitrogens with zero attached hydrogens (tertiary/aromatic N) is 1. The molecule has 0 unspecified atom stereocenters. The zero-order valence-electron chi connectivity index (χ0n) is 6.47. The molecule has 0 saturated carbocycles. The molecule has 1 rings (SSSR count). The first-order chi connectivity index (χ1) is 6.06. The molecule has 0 amide bonds. The lowest BCUT2D eigenvalue weighted by molar-refractivity contribution is 0.146. The molecule has 1 aromatic heterocycles. The lowest BCUT2D eigenvalue weighted by Crippen LogP contribution is -2.04. The summed E-state index contributed by atoms with van der Waals surface area (Å²) in [6, 6.07) is 1.47. The van der Waals surface area contributed by atoms with Gasteiger partial charge in [0.1, 0.15) is 5.69 Å². The lowest BCUT2D eigenvalue weighted by atomic mass is 10.2. The molecular formula is C7H7F2IN2O. The second-order valence-corrected chi connectivity index (χ2v) is 3.52. The standard InChI is InChI=1S/C7H7F2IN2O/c8-7(9)6-5(11)4(10)1-3(2-13)12-6/h1,7,13H,2,11H2. The molecule has 0 aliphatic rings. The number of rotatable bonds is 2. The number of anilines is 1. The van der Waals surface area contributed by atoms with Crippen molar-refractivity contribution >= 4 is 28.3 Å². The third-order valence-electron chi connectivity index (χ3n) is 1.46. The zero-order chi connectivity index (χ0) is 10.0. The SMILES string of the molecule is Nc1c(I)cc(CO)nc1C(F)F. The first kappa shape index (κ1) is 10.6. The minimum Gasteiger partial charge on any atom is -0.396 e. The monoisotopic (exact) mass is 300 g/mol. The molecule has 0 aromatic carbocycles. The van der Waals surface area contributed by atoms with E-state index in [0.717, 1.165) is 0 Å². The number of hydrogen-bond donors (Lipinski definition) is 2. The third-order valence-corrected chi connectivity index (χ3v) is 2.35. The van der Waals surface area contributed by atoms with Gasteiger partial charge in [0.15, 0.2) is 0 Å². The summed E-state index contributed by atoms with van der Waals surface area (Å²) in [5, 5.41) is 8.71. The van der Waals surface area contributed by atoms with Gasteiger partial charge >= 0.3 is 0 Å². The fourth-order valence-electron chi connectivity index (χ4n) is 0.841. The summed E-state index contributed by atoms with van der Waals surface area (Å²) in [7, 11) is 0. The fraction of sp³-hybridized carbons (Fsp3) is 0.286. The van der Waals surface area contributed by atoms with Gasteiger partial charge in [-0.2, -0.15) is 0 Å². The van der Waals surface area contributed by atoms with Crippen molar-refractivity contribution in [1.82, 2.24) is 4.98 Å². The van der Waals surface area contributed by atoms with E-state index in [2.05, 4.69) is 4.98 Å². The Morgan fingerprint density at radius 3 is 2.69 bits per heavy atom. The molecule has 0 atom stereocenters. The van der Waals surface area contributed by atoms with E-state index in [1.807, 2.05) is 22.6 Å². The molecule has 1 aromatic rings. The van der Waals surface area contributed by atoms with Crippen molar-refractivity contribution in [2.45, 2.75) is 13.0 Å². The predicted octanol–water partition coefficient (Wildman–Crippen LogP) is 1.70. The summed E-state index contributed by atoms with van der Waals surface area (Å²) in [5.74, 6) is 0. The molecule has 0 saturated heterocycles. The van der Waals surface area contributed by atoms with E-state index < -0.39 is 12.1 Å². The Bertz CT molecular complexity index is 320. The number of aromatic nitrogens is 1. The van der Waals surface area contributed by atoms with Gasteiger partial charge in [-0.15, -0.1) is 0 Å². The van der Waals surface area contributed by atoms with Crippen LogP contribution in [0.3, 0.4) is 0 Å². The number of aliphatic hydroxyl groups excluding tert-OH is 1. The van der Waals surface area contributed by atoms with Crippen molar-refractivity contribution in [2.75, 3.05) is 5.73 Å².